The molecule has 0 saturated heterocycles. The van der Waals surface area contributed by atoms with E-state index in [4.69, 9.17) is 0 Å². The molecule has 2 nitrogen and oxygen atoms in total. The fourth-order valence-electron chi connectivity index (χ4n) is 3.66. The van der Waals surface area contributed by atoms with E-state index in [1.54, 1.807) is 12.1 Å². The van der Waals surface area contributed by atoms with E-state index in [1.165, 1.54) is 37.3 Å². The van der Waals surface area contributed by atoms with Gasteiger partial charge in [-0.05, 0) is 81.3 Å². The number of hydrogen-bond acceptors (Lipinski definition) is 2. The molecule has 0 unspecified atom stereocenters. The van der Waals surface area contributed by atoms with Gasteiger partial charge in [0.15, 0.2) is 0 Å². The van der Waals surface area contributed by atoms with Gasteiger partial charge in [0.2, 0.25) is 0 Å². The molecule has 1 atom stereocenters. The molecule has 21 heavy (non-hydrogen) atoms. The molecule has 1 aromatic heterocycles. The molecular weight excluding hydrogens is 263 g/mol. The lowest BCUT2D eigenvalue weighted by Crippen LogP contribution is -2.32. The molecule has 0 amide bonds. The minimum Gasteiger partial charge on any atom is -0.317 e. The van der Waals surface area contributed by atoms with Gasteiger partial charge in [-0.1, -0.05) is 0 Å². The SMILES string of the molecule is CN[C@H](C)[C@H]1CC[C@@H](c2ccnc3ccc(F)cc32)CC1. The smallest absolute Gasteiger partial charge is 0.123 e. The summed E-state index contributed by atoms with van der Waals surface area (Å²) in [5.74, 6) is 1.13. The average Bonchev–Trinajstić information content (AvgIpc) is 2.53. The lowest BCUT2D eigenvalue weighted by molar-refractivity contribution is 0.271. The molecule has 2 aromatic rings. The van der Waals surface area contributed by atoms with Crippen molar-refractivity contribution in [2.75, 3.05) is 7.05 Å². The molecule has 1 N–H and O–H groups in total. The zero-order chi connectivity index (χ0) is 14.8. The highest BCUT2D eigenvalue weighted by molar-refractivity contribution is 5.82. The molecule has 0 bridgehead atoms. The Morgan fingerprint density at radius 2 is 1.95 bits per heavy atom. The van der Waals surface area contributed by atoms with Gasteiger partial charge in [-0.25, -0.2) is 4.39 Å². The van der Waals surface area contributed by atoms with Crippen molar-refractivity contribution in [3.8, 4) is 0 Å². The van der Waals surface area contributed by atoms with Crippen LogP contribution in [0.1, 0.15) is 44.1 Å². The first-order valence-corrected chi connectivity index (χ1v) is 7.90. The number of halogens is 1. The van der Waals surface area contributed by atoms with Crippen LogP contribution < -0.4 is 5.32 Å². The molecule has 1 aliphatic carbocycles. The topological polar surface area (TPSA) is 24.9 Å². The minimum absolute atomic E-state index is 0.172. The first kappa shape index (κ1) is 14.5. The summed E-state index contributed by atoms with van der Waals surface area (Å²) in [6.45, 7) is 2.27. The van der Waals surface area contributed by atoms with Gasteiger partial charge in [0.25, 0.3) is 0 Å². The standard InChI is InChI=1S/C18H23FN2/c1-12(20-2)13-3-5-14(6-4-13)16-9-10-21-18-8-7-15(19)11-17(16)18/h7-14,20H,3-6H2,1-2H3/t12-,13-,14+/m1/s1. The van der Waals surface area contributed by atoms with Gasteiger partial charge < -0.3 is 5.32 Å². The third kappa shape index (κ3) is 2.93. The first-order valence-electron chi connectivity index (χ1n) is 7.90. The number of hydrogen-bond donors (Lipinski definition) is 1. The van der Waals surface area contributed by atoms with Crippen LogP contribution in [0.4, 0.5) is 4.39 Å². The van der Waals surface area contributed by atoms with Crippen molar-refractivity contribution in [1.29, 1.82) is 0 Å². The van der Waals surface area contributed by atoms with Crippen LogP contribution in [0.25, 0.3) is 10.9 Å². The predicted molar refractivity (Wildman–Crippen MR) is 84.9 cm³/mol. The highest BCUT2D eigenvalue weighted by Gasteiger charge is 2.26. The Morgan fingerprint density at radius 1 is 1.19 bits per heavy atom. The number of rotatable bonds is 3. The number of nitrogens with one attached hydrogen (secondary N) is 1. The second kappa shape index (κ2) is 6.10. The van der Waals surface area contributed by atoms with Gasteiger partial charge in [0.1, 0.15) is 5.82 Å². The summed E-state index contributed by atoms with van der Waals surface area (Å²) < 4.78 is 13.6. The highest BCUT2D eigenvalue weighted by atomic mass is 19.1. The van der Waals surface area contributed by atoms with Gasteiger partial charge >= 0.3 is 0 Å². The molecule has 1 aromatic carbocycles. The summed E-state index contributed by atoms with van der Waals surface area (Å²) in [4.78, 5) is 4.36. The van der Waals surface area contributed by atoms with Crippen LogP contribution in [0.15, 0.2) is 30.5 Å². The van der Waals surface area contributed by atoms with Crippen LogP contribution in [0.3, 0.4) is 0 Å². The maximum atomic E-state index is 13.6. The quantitative estimate of drug-likeness (QED) is 0.912. The molecule has 0 spiro atoms. The van der Waals surface area contributed by atoms with Crippen LogP contribution in [0.5, 0.6) is 0 Å². The fourth-order valence-corrected chi connectivity index (χ4v) is 3.66. The van der Waals surface area contributed by atoms with Crippen molar-refractivity contribution in [1.82, 2.24) is 10.3 Å². The minimum atomic E-state index is -0.172. The molecule has 3 rings (SSSR count). The summed E-state index contributed by atoms with van der Waals surface area (Å²) in [5.41, 5.74) is 2.18. The summed E-state index contributed by atoms with van der Waals surface area (Å²) in [6.07, 6.45) is 6.72. The second-order valence-electron chi connectivity index (χ2n) is 6.25. The van der Waals surface area contributed by atoms with E-state index in [0.29, 0.717) is 12.0 Å². The number of pyridine rings is 1. The Kier molecular flexibility index (Phi) is 4.20. The highest BCUT2D eigenvalue weighted by Crippen LogP contribution is 2.39. The van der Waals surface area contributed by atoms with Crippen LogP contribution in [-0.2, 0) is 0 Å². The van der Waals surface area contributed by atoms with Crippen molar-refractivity contribution in [2.24, 2.45) is 5.92 Å². The normalized spacial score (nSPS) is 24.1. The first-order chi connectivity index (χ1) is 10.2. The zero-order valence-electron chi connectivity index (χ0n) is 12.8. The lowest BCUT2D eigenvalue weighted by atomic mass is 9.76. The van der Waals surface area contributed by atoms with E-state index >= 15 is 0 Å². The third-order valence-electron chi connectivity index (χ3n) is 5.11. The van der Waals surface area contributed by atoms with E-state index in [0.717, 1.165) is 16.8 Å². The Hall–Kier alpha value is -1.48. The van der Waals surface area contributed by atoms with Crippen LogP contribution in [-0.4, -0.2) is 18.1 Å². The number of benzene rings is 1. The number of aromatic nitrogens is 1. The Morgan fingerprint density at radius 3 is 2.67 bits per heavy atom. The van der Waals surface area contributed by atoms with Gasteiger partial charge in [0.05, 0.1) is 5.52 Å². The summed E-state index contributed by atoms with van der Waals surface area (Å²) in [7, 11) is 2.04. The van der Waals surface area contributed by atoms with Crippen molar-refractivity contribution in [3.05, 3.63) is 41.8 Å². The molecule has 1 saturated carbocycles. The maximum absolute atomic E-state index is 13.6. The van der Waals surface area contributed by atoms with E-state index in [9.17, 15) is 4.39 Å². The lowest BCUT2D eigenvalue weighted by Gasteiger charge is -2.32. The molecule has 1 heterocycles. The largest absolute Gasteiger partial charge is 0.317 e. The maximum Gasteiger partial charge on any atom is 0.123 e. The van der Waals surface area contributed by atoms with Crippen LogP contribution >= 0.6 is 0 Å². The van der Waals surface area contributed by atoms with E-state index in [-0.39, 0.29) is 5.82 Å². The van der Waals surface area contributed by atoms with E-state index in [2.05, 4.69) is 23.3 Å². The molecule has 1 fully saturated rings. The number of fused-ring (bicyclic) bond motifs is 1. The summed E-state index contributed by atoms with van der Waals surface area (Å²) in [5, 5.41) is 4.36. The van der Waals surface area contributed by atoms with Crippen molar-refractivity contribution >= 4 is 10.9 Å². The molecule has 112 valence electrons. The Balaban J connectivity index is 1.84. The van der Waals surface area contributed by atoms with Gasteiger partial charge in [-0.2, -0.15) is 0 Å². The van der Waals surface area contributed by atoms with Gasteiger partial charge in [-0.3, -0.25) is 4.98 Å². The molecular formula is C18H23FN2. The van der Waals surface area contributed by atoms with E-state index < -0.39 is 0 Å². The molecule has 0 aliphatic heterocycles. The van der Waals surface area contributed by atoms with Crippen LogP contribution in [0.2, 0.25) is 0 Å². The van der Waals surface area contributed by atoms with Gasteiger partial charge in [-0.15, -0.1) is 0 Å². The monoisotopic (exact) mass is 286 g/mol. The average molecular weight is 286 g/mol. The fraction of sp³-hybridized carbons (Fsp3) is 0.500. The Labute approximate surface area is 125 Å². The van der Waals surface area contributed by atoms with Crippen molar-refractivity contribution < 1.29 is 4.39 Å². The second-order valence-corrected chi connectivity index (χ2v) is 6.25. The van der Waals surface area contributed by atoms with Crippen molar-refractivity contribution in [3.63, 3.8) is 0 Å². The van der Waals surface area contributed by atoms with Gasteiger partial charge in [0, 0.05) is 17.6 Å². The van der Waals surface area contributed by atoms with Crippen molar-refractivity contribution in [2.45, 2.75) is 44.6 Å². The molecule has 1 aliphatic rings. The molecule has 0 radical (unpaired) electrons. The number of nitrogens with zero attached hydrogens (tertiary/aromatic N) is 1. The predicted octanol–water partition coefficient (Wildman–Crippen LogP) is 4.26. The van der Waals surface area contributed by atoms with E-state index in [1.807, 2.05) is 13.2 Å². The zero-order valence-corrected chi connectivity index (χ0v) is 12.8. The third-order valence-corrected chi connectivity index (χ3v) is 5.11. The summed E-state index contributed by atoms with van der Waals surface area (Å²) >= 11 is 0. The van der Waals surface area contributed by atoms with Crippen LogP contribution in [0, 0.1) is 11.7 Å². The molecule has 3 heteroatoms. The Bertz CT molecular complexity index is 618. The summed E-state index contributed by atoms with van der Waals surface area (Å²) in [6, 6.07) is 7.57.